The summed E-state index contributed by atoms with van der Waals surface area (Å²) in [5.74, 6) is 1.33. The van der Waals surface area contributed by atoms with E-state index in [1.807, 2.05) is 10.9 Å². The highest BCUT2D eigenvalue weighted by Gasteiger charge is 2.56. The largest absolute Gasteiger partial charge is 0.462 e. The second-order valence-electron chi connectivity index (χ2n) is 8.17. The molecule has 0 saturated carbocycles. The van der Waals surface area contributed by atoms with E-state index in [1.165, 1.54) is 24.3 Å². The highest BCUT2D eigenvalue weighted by Crippen LogP contribution is 2.46. The molecule has 0 bridgehead atoms. The molecule has 200 valence electrons. The summed E-state index contributed by atoms with van der Waals surface area (Å²) >= 11 is 5.86. The van der Waals surface area contributed by atoms with Crippen LogP contribution in [-0.4, -0.2) is 62.8 Å². The lowest BCUT2D eigenvalue weighted by atomic mass is 9.95. The van der Waals surface area contributed by atoms with Gasteiger partial charge in [-0.05, 0) is 38.1 Å². The Bertz CT molecular complexity index is 1320. The summed E-state index contributed by atoms with van der Waals surface area (Å²) in [6, 6.07) is 6.74. The number of aromatic amines is 1. The zero-order chi connectivity index (χ0) is 27.4. The van der Waals surface area contributed by atoms with Gasteiger partial charge in [0.05, 0.1) is 12.7 Å². The minimum atomic E-state index is -4.33. The Hall–Kier alpha value is -2.95. The third-order valence-electron chi connectivity index (χ3n) is 5.05. The lowest BCUT2D eigenvalue weighted by Crippen LogP contribution is -2.48. The van der Waals surface area contributed by atoms with Gasteiger partial charge in [0, 0.05) is 17.3 Å². The number of terminal acetylenes is 1. The molecular weight excluding hydrogens is 533 g/mol. The smallest absolute Gasteiger partial charge is 0.459 e. The van der Waals surface area contributed by atoms with Crippen LogP contribution in [0.4, 0.5) is 0 Å². The van der Waals surface area contributed by atoms with Crippen molar-refractivity contribution in [1.29, 1.82) is 0 Å². The number of halogens is 1. The number of esters is 1. The van der Waals surface area contributed by atoms with Crippen LogP contribution in [0.5, 0.6) is 5.75 Å². The maximum absolute atomic E-state index is 13.5. The van der Waals surface area contributed by atoms with Crippen molar-refractivity contribution >= 4 is 25.3 Å². The number of ether oxygens (including phenoxy) is 2. The molecule has 2 unspecified atom stereocenters. The topological polar surface area (TPSA) is 178 Å². The Morgan fingerprint density at radius 1 is 1.35 bits per heavy atom. The molecular formula is C22H25ClN3O10P. The molecule has 1 saturated heterocycles. The molecule has 4 N–H and O–H groups in total. The number of carbonyl (C=O) groups excluding carboxylic acids is 1. The molecule has 1 aliphatic rings. The van der Waals surface area contributed by atoms with Crippen molar-refractivity contribution in [3.8, 4) is 18.1 Å². The summed E-state index contributed by atoms with van der Waals surface area (Å²) in [4.78, 5) is 37.6. The van der Waals surface area contributed by atoms with E-state index >= 15 is 0 Å². The zero-order valence-electron chi connectivity index (χ0n) is 19.7. The minimum Gasteiger partial charge on any atom is -0.462 e. The second-order valence-corrected chi connectivity index (χ2v) is 10.4. The van der Waals surface area contributed by atoms with E-state index in [0.717, 1.165) is 16.8 Å². The second kappa shape index (κ2) is 11.6. The van der Waals surface area contributed by atoms with Crippen LogP contribution in [0.25, 0.3) is 0 Å². The predicted octanol–water partition coefficient (Wildman–Crippen LogP) is 0.558. The number of aliphatic hydroxyl groups excluding tert-OH is 1. The molecule has 37 heavy (non-hydrogen) atoms. The van der Waals surface area contributed by atoms with Crippen molar-refractivity contribution in [2.24, 2.45) is 0 Å². The zero-order valence-corrected chi connectivity index (χ0v) is 21.3. The van der Waals surface area contributed by atoms with Gasteiger partial charge < -0.3 is 24.2 Å². The standard InChI is InChI=1S/C22H25ClN3O10P/c1-4-22(31)19(29)16(35-20(22)26-10-9-17(27)25-21(26)30)12-33-37(32,24-11-18(28)34-13(2)3)36-15-7-5-14(23)6-8-15/h1,5-10,13,16,19-20,29,31H,11-12H2,2-3H3,(H,24,32)(H,25,27,30)/t16-,19-,20?,22-,37?/m1/s1. The van der Waals surface area contributed by atoms with E-state index in [1.54, 1.807) is 13.8 Å². The van der Waals surface area contributed by atoms with Gasteiger partial charge in [-0.3, -0.25) is 23.7 Å². The number of carbonyl (C=O) groups is 1. The number of nitrogens with zero attached hydrogens (tertiary/aromatic N) is 1. The van der Waals surface area contributed by atoms with Crippen LogP contribution >= 0.6 is 19.3 Å². The fraction of sp³-hybridized carbons (Fsp3) is 0.409. The number of rotatable bonds is 10. The van der Waals surface area contributed by atoms with E-state index in [2.05, 4.69) is 5.09 Å². The molecule has 0 aliphatic carbocycles. The van der Waals surface area contributed by atoms with Crippen molar-refractivity contribution < 1.29 is 38.1 Å². The third-order valence-corrected chi connectivity index (χ3v) is 6.79. The number of benzene rings is 1. The summed E-state index contributed by atoms with van der Waals surface area (Å²) in [6.45, 7) is 2.04. The van der Waals surface area contributed by atoms with E-state index in [0.29, 0.717) is 5.02 Å². The van der Waals surface area contributed by atoms with E-state index in [4.69, 9.17) is 36.5 Å². The molecule has 2 aromatic rings. The van der Waals surface area contributed by atoms with Crippen molar-refractivity contribution in [3.05, 3.63) is 62.4 Å². The Kier molecular flexibility index (Phi) is 8.99. The Morgan fingerprint density at radius 2 is 2.03 bits per heavy atom. The van der Waals surface area contributed by atoms with Crippen LogP contribution < -0.4 is 20.9 Å². The predicted molar refractivity (Wildman–Crippen MR) is 130 cm³/mol. The van der Waals surface area contributed by atoms with Gasteiger partial charge in [0.2, 0.25) is 0 Å². The molecule has 5 atom stereocenters. The Labute approximate surface area is 215 Å². The van der Waals surface area contributed by atoms with Crippen molar-refractivity contribution in [1.82, 2.24) is 14.6 Å². The van der Waals surface area contributed by atoms with Crippen molar-refractivity contribution in [3.63, 3.8) is 0 Å². The van der Waals surface area contributed by atoms with Crippen LogP contribution in [0.15, 0.2) is 46.1 Å². The fourth-order valence-electron chi connectivity index (χ4n) is 3.33. The minimum absolute atomic E-state index is 0.0724. The normalized spacial score (nSPS) is 24.8. The van der Waals surface area contributed by atoms with Crippen LogP contribution in [0.1, 0.15) is 20.1 Å². The van der Waals surface area contributed by atoms with Gasteiger partial charge in [0.25, 0.3) is 5.56 Å². The molecule has 0 amide bonds. The molecule has 1 aromatic carbocycles. The van der Waals surface area contributed by atoms with Crippen LogP contribution in [-0.2, 0) is 23.4 Å². The molecule has 0 spiro atoms. The number of hydrogen-bond acceptors (Lipinski definition) is 10. The van der Waals surface area contributed by atoms with Gasteiger partial charge in [-0.25, -0.2) is 14.4 Å². The summed E-state index contributed by atoms with van der Waals surface area (Å²) in [5, 5.41) is 24.3. The number of aromatic nitrogens is 2. The van der Waals surface area contributed by atoms with Crippen LogP contribution in [0.3, 0.4) is 0 Å². The van der Waals surface area contributed by atoms with Crippen LogP contribution in [0, 0.1) is 12.3 Å². The van der Waals surface area contributed by atoms with Gasteiger partial charge in [0.15, 0.2) is 11.8 Å². The van der Waals surface area contributed by atoms with E-state index in [9.17, 15) is 29.2 Å². The lowest BCUT2D eigenvalue weighted by Gasteiger charge is -2.26. The van der Waals surface area contributed by atoms with Crippen molar-refractivity contribution in [2.75, 3.05) is 13.2 Å². The maximum atomic E-state index is 13.5. The molecule has 3 rings (SSSR count). The van der Waals surface area contributed by atoms with Gasteiger partial charge >= 0.3 is 19.4 Å². The number of aliphatic hydroxyl groups is 2. The molecule has 1 aliphatic heterocycles. The number of H-pyrrole nitrogens is 1. The monoisotopic (exact) mass is 557 g/mol. The first-order valence-corrected chi connectivity index (χ1v) is 12.8. The van der Waals surface area contributed by atoms with E-state index in [-0.39, 0.29) is 5.75 Å². The first-order chi connectivity index (χ1) is 17.4. The maximum Gasteiger partial charge on any atom is 0.459 e. The molecule has 1 fully saturated rings. The number of nitrogens with one attached hydrogen (secondary N) is 2. The number of hydrogen-bond donors (Lipinski definition) is 4. The highest BCUT2D eigenvalue weighted by atomic mass is 35.5. The SMILES string of the molecule is C#C[C@]1(O)C(n2ccc(=O)[nH]c2=O)O[C@H](COP(=O)(NCC(=O)OC(C)C)Oc2ccc(Cl)cc2)[C@H]1O. The van der Waals surface area contributed by atoms with Gasteiger partial charge in [-0.1, -0.05) is 17.5 Å². The van der Waals surface area contributed by atoms with Gasteiger partial charge in [-0.2, -0.15) is 0 Å². The van der Waals surface area contributed by atoms with Gasteiger partial charge in [0.1, 0.15) is 24.5 Å². The van der Waals surface area contributed by atoms with Crippen molar-refractivity contribution in [2.45, 2.75) is 44.0 Å². The Morgan fingerprint density at radius 3 is 2.62 bits per heavy atom. The molecule has 1 aromatic heterocycles. The molecule has 15 heteroatoms. The summed E-state index contributed by atoms with van der Waals surface area (Å²) in [6.07, 6.45) is 1.15. The molecule has 0 radical (unpaired) electrons. The average Bonchev–Trinajstić information content (AvgIpc) is 3.08. The summed E-state index contributed by atoms with van der Waals surface area (Å²) < 4.78 is 35.7. The fourth-order valence-corrected chi connectivity index (χ4v) is 4.73. The molecule has 2 heterocycles. The lowest BCUT2D eigenvalue weighted by molar-refractivity contribution is -0.146. The molecule has 13 nitrogen and oxygen atoms in total. The summed E-state index contributed by atoms with van der Waals surface area (Å²) in [7, 11) is -4.33. The van der Waals surface area contributed by atoms with Gasteiger partial charge in [-0.15, -0.1) is 6.42 Å². The van der Waals surface area contributed by atoms with E-state index < -0.39 is 68.3 Å². The van der Waals surface area contributed by atoms with Crippen LogP contribution in [0.2, 0.25) is 5.02 Å². The first-order valence-electron chi connectivity index (χ1n) is 10.9. The highest BCUT2D eigenvalue weighted by molar-refractivity contribution is 7.52. The quantitative estimate of drug-likeness (QED) is 0.182. The average molecular weight is 558 g/mol. The Balaban J connectivity index is 1.81. The summed E-state index contributed by atoms with van der Waals surface area (Å²) in [5.41, 5.74) is -4.08. The first kappa shape index (κ1) is 28.6. The third kappa shape index (κ3) is 6.88.